The van der Waals surface area contributed by atoms with Crippen molar-refractivity contribution in [3.63, 3.8) is 0 Å². The Hall–Kier alpha value is -3.58. The minimum atomic E-state index is -0.210. The van der Waals surface area contributed by atoms with E-state index in [0.29, 0.717) is 16.8 Å². The Morgan fingerprint density at radius 2 is 1.61 bits per heavy atom. The minimum absolute atomic E-state index is 0.210. The summed E-state index contributed by atoms with van der Waals surface area (Å²) in [6.07, 6.45) is 0. The molecule has 4 nitrogen and oxygen atoms in total. The Morgan fingerprint density at radius 1 is 0.935 bits per heavy atom. The van der Waals surface area contributed by atoms with Crippen molar-refractivity contribution in [2.75, 3.05) is 23.3 Å². The van der Waals surface area contributed by atoms with Gasteiger partial charge in [0.05, 0.1) is 11.3 Å². The van der Waals surface area contributed by atoms with Crippen LogP contribution in [0.5, 0.6) is 0 Å². The number of nitrogens with one attached hydrogen (secondary N) is 1. The summed E-state index contributed by atoms with van der Waals surface area (Å²) in [5.41, 5.74) is 5.55. The van der Waals surface area contributed by atoms with Crippen LogP contribution in [0.15, 0.2) is 66.7 Å². The molecule has 0 aliphatic rings. The van der Waals surface area contributed by atoms with Gasteiger partial charge in [0.25, 0.3) is 5.91 Å². The summed E-state index contributed by atoms with van der Waals surface area (Å²) in [5, 5.41) is 12.4. The first-order valence-corrected chi connectivity index (χ1v) is 10.8. The summed E-state index contributed by atoms with van der Waals surface area (Å²) in [6.45, 7) is 11.9. The van der Waals surface area contributed by atoms with Gasteiger partial charge in [0.2, 0.25) is 0 Å². The van der Waals surface area contributed by atoms with Gasteiger partial charge in [0.1, 0.15) is 6.07 Å². The molecule has 3 aromatic carbocycles. The highest BCUT2D eigenvalue weighted by Crippen LogP contribution is 2.27. The van der Waals surface area contributed by atoms with Gasteiger partial charge < -0.3 is 10.2 Å². The van der Waals surface area contributed by atoms with Crippen LogP contribution in [0.2, 0.25) is 0 Å². The Morgan fingerprint density at radius 3 is 2.23 bits per heavy atom. The number of carbonyl (C=O) groups is 1. The van der Waals surface area contributed by atoms with E-state index in [9.17, 15) is 10.1 Å². The first kappa shape index (κ1) is 23.7. The summed E-state index contributed by atoms with van der Waals surface area (Å²) in [4.78, 5) is 15.3. The second-order valence-corrected chi connectivity index (χ2v) is 6.81. The van der Waals surface area contributed by atoms with E-state index in [-0.39, 0.29) is 5.91 Å². The summed E-state index contributed by atoms with van der Waals surface area (Å²) in [7, 11) is 0. The topological polar surface area (TPSA) is 56.1 Å². The number of hydrogen-bond donors (Lipinski definition) is 1. The van der Waals surface area contributed by atoms with Gasteiger partial charge in [-0.05, 0) is 61.7 Å². The van der Waals surface area contributed by atoms with Crippen molar-refractivity contribution in [1.29, 1.82) is 5.26 Å². The first-order valence-electron chi connectivity index (χ1n) is 10.8. The van der Waals surface area contributed by atoms with Crippen LogP contribution >= 0.6 is 0 Å². The lowest BCUT2D eigenvalue weighted by molar-refractivity contribution is 0.102. The van der Waals surface area contributed by atoms with E-state index in [0.717, 1.165) is 35.5 Å². The fourth-order valence-electron chi connectivity index (χ4n) is 3.52. The SMILES string of the molecule is CC.CCN(CC)c1cccc(C(=O)Nc2cc(-c3ccccc3)ccc2C#N)c1C. The van der Waals surface area contributed by atoms with Gasteiger partial charge in [-0.1, -0.05) is 56.3 Å². The third-order valence-corrected chi connectivity index (χ3v) is 5.15. The van der Waals surface area contributed by atoms with E-state index in [1.165, 1.54) is 0 Å². The molecule has 0 heterocycles. The highest BCUT2D eigenvalue weighted by molar-refractivity contribution is 6.07. The number of rotatable bonds is 6. The molecule has 0 spiro atoms. The molecule has 1 amide bonds. The fraction of sp³-hybridized carbons (Fsp3) is 0.259. The summed E-state index contributed by atoms with van der Waals surface area (Å²) >= 11 is 0. The molecule has 0 unspecified atom stereocenters. The molecule has 1 N–H and O–H groups in total. The number of nitriles is 1. The summed E-state index contributed by atoms with van der Waals surface area (Å²) in [6, 6.07) is 23.3. The van der Waals surface area contributed by atoms with Crippen LogP contribution < -0.4 is 10.2 Å². The molecular weight excluding hydrogens is 382 g/mol. The predicted octanol–water partition coefficient (Wildman–Crippen LogP) is 6.66. The van der Waals surface area contributed by atoms with Crippen molar-refractivity contribution in [1.82, 2.24) is 0 Å². The van der Waals surface area contributed by atoms with E-state index in [2.05, 4.69) is 30.1 Å². The molecular formula is C27H31N3O. The highest BCUT2D eigenvalue weighted by atomic mass is 16.1. The molecule has 0 radical (unpaired) electrons. The van der Waals surface area contributed by atoms with Crippen LogP contribution in [-0.2, 0) is 0 Å². The molecule has 0 saturated heterocycles. The molecule has 31 heavy (non-hydrogen) atoms. The smallest absolute Gasteiger partial charge is 0.256 e. The van der Waals surface area contributed by atoms with Crippen molar-refractivity contribution in [3.8, 4) is 17.2 Å². The quantitative estimate of drug-likeness (QED) is 0.492. The van der Waals surface area contributed by atoms with E-state index in [4.69, 9.17) is 0 Å². The maximum Gasteiger partial charge on any atom is 0.256 e. The maximum absolute atomic E-state index is 13.1. The summed E-state index contributed by atoms with van der Waals surface area (Å²) in [5.74, 6) is -0.210. The Balaban J connectivity index is 0.00000166. The van der Waals surface area contributed by atoms with Crippen LogP contribution in [0.3, 0.4) is 0 Å². The van der Waals surface area contributed by atoms with E-state index < -0.39 is 0 Å². The number of anilines is 2. The summed E-state index contributed by atoms with van der Waals surface area (Å²) < 4.78 is 0. The Labute approximate surface area is 186 Å². The molecule has 3 aromatic rings. The van der Waals surface area contributed by atoms with Crippen molar-refractivity contribution in [2.24, 2.45) is 0 Å². The van der Waals surface area contributed by atoms with E-state index in [1.807, 2.05) is 81.4 Å². The van der Waals surface area contributed by atoms with Crippen molar-refractivity contribution in [3.05, 3.63) is 83.4 Å². The molecule has 0 saturated carbocycles. The molecule has 0 aliphatic carbocycles. The zero-order chi connectivity index (χ0) is 22.8. The lowest BCUT2D eigenvalue weighted by Crippen LogP contribution is -2.24. The molecule has 0 bridgehead atoms. The third kappa shape index (κ3) is 5.52. The number of benzene rings is 3. The second kappa shape index (κ2) is 11.6. The van der Waals surface area contributed by atoms with Gasteiger partial charge >= 0.3 is 0 Å². The van der Waals surface area contributed by atoms with Gasteiger partial charge in [-0.3, -0.25) is 4.79 Å². The largest absolute Gasteiger partial charge is 0.372 e. The molecule has 4 heteroatoms. The van der Waals surface area contributed by atoms with E-state index in [1.54, 1.807) is 6.07 Å². The number of hydrogen-bond acceptors (Lipinski definition) is 3. The minimum Gasteiger partial charge on any atom is -0.372 e. The predicted molar refractivity (Wildman–Crippen MR) is 131 cm³/mol. The molecule has 3 rings (SSSR count). The maximum atomic E-state index is 13.1. The van der Waals surface area contributed by atoms with Crippen LogP contribution in [0, 0.1) is 18.3 Å². The van der Waals surface area contributed by atoms with Crippen LogP contribution in [0.1, 0.15) is 49.2 Å². The lowest BCUT2D eigenvalue weighted by atomic mass is 10.0. The standard InChI is InChI=1S/C25H25N3O.C2H6/c1-4-28(5-2)24-13-9-12-22(18(24)3)25(29)27-23-16-20(14-15-21(23)17-26)19-10-7-6-8-11-19;1-2/h6-16H,4-5H2,1-3H3,(H,27,29);1-2H3. The zero-order valence-electron chi connectivity index (χ0n) is 19.1. The molecule has 160 valence electrons. The zero-order valence-corrected chi connectivity index (χ0v) is 19.1. The van der Waals surface area contributed by atoms with Crippen molar-refractivity contribution < 1.29 is 4.79 Å². The number of carbonyl (C=O) groups excluding carboxylic acids is 1. The Bertz CT molecular complexity index is 1050. The van der Waals surface area contributed by atoms with Crippen LogP contribution in [0.25, 0.3) is 11.1 Å². The average molecular weight is 414 g/mol. The molecule has 0 aliphatic heterocycles. The van der Waals surface area contributed by atoms with Crippen molar-refractivity contribution >= 4 is 17.3 Å². The van der Waals surface area contributed by atoms with E-state index >= 15 is 0 Å². The molecule has 0 atom stereocenters. The lowest BCUT2D eigenvalue weighted by Gasteiger charge is -2.24. The third-order valence-electron chi connectivity index (χ3n) is 5.15. The van der Waals surface area contributed by atoms with Gasteiger partial charge in [-0.2, -0.15) is 5.26 Å². The second-order valence-electron chi connectivity index (χ2n) is 6.81. The molecule has 0 fully saturated rings. The molecule has 0 aromatic heterocycles. The van der Waals surface area contributed by atoms with Crippen molar-refractivity contribution in [2.45, 2.75) is 34.6 Å². The van der Waals surface area contributed by atoms with Crippen LogP contribution in [-0.4, -0.2) is 19.0 Å². The highest BCUT2D eigenvalue weighted by Gasteiger charge is 2.16. The normalized spacial score (nSPS) is 9.81. The van der Waals surface area contributed by atoms with Crippen LogP contribution in [0.4, 0.5) is 11.4 Å². The van der Waals surface area contributed by atoms with Gasteiger partial charge in [0, 0.05) is 24.3 Å². The average Bonchev–Trinajstić information content (AvgIpc) is 2.82. The first-order chi connectivity index (χ1) is 15.1. The van der Waals surface area contributed by atoms with Gasteiger partial charge in [-0.15, -0.1) is 0 Å². The number of nitrogens with zero attached hydrogens (tertiary/aromatic N) is 2. The van der Waals surface area contributed by atoms with Gasteiger partial charge in [0.15, 0.2) is 0 Å². The Kier molecular flexibility index (Phi) is 8.84. The fourth-order valence-corrected chi connectivity index (χ4v) is 3.52. The monoisotopic (exact) mass is 413 g/mol. The van der Waals surface area contributed by atoms with Gasteiger partial charge in [-0.25, -0.2) is 0 Å². The number of amides is 1.